The number of nitrogen functional groups attached to an aromatic ring is 1. The molecule has 8 heteroatoms. The standard InChI is InChI=1S/C12H11ClFN3O2S/c1-7-5-10(15)8(13)6-11(7)17-20(18,19)12-9(14)3-2-4-16-12/h2-6,17H,15H2,1H3. The Bertz CT molecular complexity index is 765. The van der Waals surface area contributed by atoms with Crippen LogP contribution in [0.25, 0.3) is 0 Å². The molecule has 3 N–H and O–H groups in total. The number of halogens is 2. The van der Waals surface area contributed by atoms with Crippen molar-refractivity contribution in [2.24, 2.45) is 0 Å². The minimum Gasteiger partial charge on any atom is -0.398 e. The van der Waals surface area contributed by atoms with E-state index in [2.05, 4.69) is 9.71 Å². The molecule has 0 aliphatic heterocycles. The maximum absolute atomic E-state index is 13.5. The van der Waals surface area contributed by atoms with E-state index in [1.807, 2.05) is 0 Å². The zero-order valence-corrected chi connectivity index (χ0v) is 12.0. The highest BCUT2D eigenvalue weighted by molar-refractivity contribution is 7.92. The number of hydrogen-bond acceptors (Lipinski definition) is 4. The molecule has 0 unspecified atom stereocenters. The highest BCUT2D eigenvalue weighted by atomic mass is 35.5. The molecule has 1 aromatic heterocycles. The second-order valence-corrected chi connectivity index (χ2v) is 6.09. The summed E-state index contributed by atoms with van der Waals surface area (Å²) in [5.74, 6) is -0.931. The third-order valence-electron chi connectivity index (χ3n) is 2.57. The quantitative estimate of drug-likeness (QED) is 0.852. The predicted octanol–water partition coefficient (Wildman–Crippen LogP) is 2.57. The maximum atomic E-state index is 13.5. The number of aryl methyl sites for hydroxylation is 1. The summed E-state index contributed by atoms with van der Waals surface area (Å²) >= 11 is 5.84. The first-order valence-electron chi connectivity index (χ1n) is 5.50. The van der Waals surface area contributed by atoms with Crippen LogP contribution in [0.3, 0.4) is 0 Å². The number of pyridine rings is 1. The Hall–Kier alpha value is -1.86. The van der Waals surface area contributed by atoms with Gasteiger partial charge in [0.05, 0.1) is 16.4 Å². The lowest BCUT2D eigenvalue weighted by molar-refractivity contribution is 0.557. The van der Waals surface area contributed by atoms with Gasteiger partial charge in [-0.25, -0.2) is 9.37 Å². The molecule has 2 aromatic rings. The number of sulfonamides is 1. The average Bonchev–Trinajstić information content (AvgIpc) is 2.36. The Morgan fingerprint density at radius 2 is 2.10 bits per heavy atom. The van der Waals surface area contributed by atoms with E-state index in [9.17, 15) is 12.8 Å². The molecule has 0 fully saturated rings. The first-order valence-corrected chi connectivity index (χ1v) is 7.36. The van der Waals surface area contributed by atoms with Crippen molar-refractivity contribution in [3.63, 3.8) is 0 Å². The van der Waals surface area contributed by atoms with Gasteiger partial charge in [0.1, 0.15) is 0 Å². The van der Waals surface area contributed by atoms with E-state index in [1.165, 1.54) is 24.4 Å². The van der Waals surface area contributed by atoms with E-state index in [-0.39, 0.29) is 10.7 Å². The van der Waals surface area contributed by atoms with Crippen molar-refractivity contribution in [2.45, 2.75) is 11.9 Å². The lowest BCUT2D eigenvalue weighted by Crippen LogP contribution is -2.17. The van der Waals surface area contributed by atoms with Crippen molar-refractivity contribution in [2.75, 3.05) is 10.5 Å². The summed E-state index contributed by atoms with van der Waals surface area (Å²) in [6, 6.07) is 5.21. The van der Waals surface area contributed by atoms with E-state index in [0.717, 1.165) is 6.07 Å². The maximum Gasteiger partial charge on any atom is 0.282 e. The molecular weight excluding hydrogens is 305 g/mol. The monoisotopic (exact) mass is 315 g/mol. The van der Waals surface area contributed by atoms with Crippen molar-refractivity contribution in [3.8, 4) is 0 Å². The van der Waals surface area contributed by atoms with Crippen LogP contribution >= 0.6 is 11.6 Å². The summed E-state index contributed by atoms with van der Waals surface area (Å²) in [4.78, 5) is 3.53. The smallest absolute Gasteiger partial charge is 0.282 e. The fraction of sp³-hybridized carbons (Fsp3) is 0.0833. The predicted molar refractivity (Wildman–Crippen MR) is 75.6 cm³/mol. The number of nitrogens with zero attached hydrogens (tertiary/aromatic N) is 1. The number of hydrogen-bond donors (Lipinski definition) is 2. The number of nitrogens with two attached hydrogens (primary N) is 1. The highest BCUT2D eigenvalue weighted by Crippen LogP contribution is 2.28. The van der Waals surface area contributed by atoms with Gasteiger partial charge in [0.2, 0.25) is 5.03 Å². The zero-order valence-electron chi connectivity index (χ0n) is 10.4. The molecule has 5 nitrogen and oxygen atoms in total. The second kappa shape index (κ2) is 5.26. The van der Waals surface area contributed by atoms with Crippen LogP contribution in [0.5, 0.6) is 0 Å². The van der Waals surface area contributed by atoms with Crippen LogP contribution in [0.1, 0.15) is 5.56 Å². The number of nitrogens with one attached hydrogen (secondary N) is 1. The second-order valence-electron chi connectivity index (χ2n) is 4.08. The van der Waals surface area contributed by atoms with Crippen LogP contribution in [0.4, 0.5) is 15.8 Å². The van der Waals surface area contributed by atoms with Gasteiger partial charge >= 0.3 is 0 Å². The summed E-state index contributed by atoms with van der Waals surface area (Å²) in [6.45, 7) is 1.65. The van der Waals surface area contributed by atoms with Crippen LogP contribution in [0.2, 0.25) is 5.02 Å². The van der Waals surface area contributed by atoms with Gasteiger partial charge < -0.3 is 5.73 Å². The molecule has 0 atom stereocenters. The first kappa shape index (κ1) is 14.5. The normalized spacial score (nSPS) is 11.3. The molecule has 0 radical (unpaired) electrons. The van der Waals surface area contributed by atoms with Crippen LogP contribution in [0.15, 0.2) is 35.5 Å². The van der Waals surface area contributed by atoms with Crippen LogP contribution in [0, 0.1) is 12.7 Å². The molecule has 1 aromatic carbocycles. The molecule has 0 aliphatic carbocycles. The van der Waals surface area contributed by atoms with Gasteiger partial charge in [-0.05, 0) is 36.8 Å². The summed E-state index contributed by atoms with van der Waals surface area (Å²) in [6.07, 6.45) is 1.19. The van der Waals surface area contributed by atoms with Gasteiger partial charge in [0.15, 0.2) is 5.82 Å². The van der Waals surface area contributed by atoms with Gasteiger partial charge in [-0.3, -0.25) is 4.72 Å². The van der Waals surface area contributed by atoms with E-state index < -0.39 is 20.9 Å². The molecule has 0 saturated carbocycles. The Labute approximate surface area is 120 Å². The Morgan fingerprint density at radius 3 is 2.75 bits per heavy atom. The summed E-state index contributed by atoms with van der Waals surface area (Å²) in [5.41, 5.74) is 6.72. The lowest BCUT2D eigenvalue weighted by atomic mass is 10.2. The third kappa shape index (κ3) is 2.83. The summed E-state index contributed by atoms with van der Waals surface area (Å²) in [7, 11) is -4.13. The number of aromatic nitrogens is 1. The molecule has 2 rings (SSSR count). The van der Waals surface area contributed by atoms with Crippen molar-refractivity contribution in [1.82, 2.24) is 4.98 Å². The Kier molecular flexibility index (Phi) is 3.82. The molecular formula is C12H11ClFN3O2S. The minimum atomic E-state index is -4.13. The molecule has 106 valence electrons. The molecule has 1 heterocycles. The molecule has 0 bridgehead atoms. The number of anilines is 2. The van der Waals surface area contributed by atoms with Gasteiger partial charge in [0.25, 0.3) is 10.0 Å². The zero-order chi connectivity index (χ0) is 14.9. The van der Waals surface area contributed by atoms with E-state index >= 15 is 0 Å². The number of rotatable bonds is 3. The third-order valence-corrected chi connectivity index (χ3v) is 4.19. The molecule has 0 saturated heterocycles. The van der Waals surface area contributed by atoms with Crippen molar-refractivity contribution in [1.29, 1.82) is 0 Å². The fourth-order valence-corrected chi connectivity index (χ4v) is 2.87. The summed E-state index contributed by atoms with van der Waals surface area (Å²) in [5, 5.41) is -0.470. The van der Waals surface area contributed by atoms with E-state index in [1.54, 1.807) is 6.92 Å². The molecule has 0 spiro atoms. The van der Waals surface area contributed by atoms with Gasteiger partial charge in [-0.15, -0.1) is 0 Å². The van der Waals surface area contributed by atoms with E-state index in [0.29, 0.717) is 11.3 Å². The topological polar surface area (TPSA) is 85.1 Å². The summed E-state index contributed by atoms with van der Waals surface area (Å²) < 4.78 is 39.9. The van der Waals surface area contributed by atoms with Crippen LogP contribution in [-0.4, -0.2) is 13.4 Å². The van der Waals surface area contributed by atoms with E-state index in [4.69, 9.17) is 17.3 Å². The number of benzene rings is 1. The molecule has 0 amide bonds. The lowest BCUT2D eigenvalue weighted by Gasteiger charge is -2.12. The average molecular weight is 316 g/mol. The van der Waals surface area contributed by atoms with Crippen LogP contribution in [-0.2, 0) is 10.0 Å². The fourth-order valence-electron chi connectivity index (χ4n) is 1.58. The van der Waals surface area contributed by atoms with Crippen molar-refractivity contribution >= 4 is 33.0 Å². The SMILES string of the molecule is Cc1cc(N)c(Cl)cc1NS(=O)(=O)c1ncccc1F. The van der Waals surface area contributed by atoms with Crippen molar-refractivity contribution in [3.05, 3.63) is 46.9 Å². The Morgan fingerprint density at radius 1 is 1.40 bits per heavy atom. The van der Waals surface area contributed by atoms with Gasteiger partial charge in [-0.2, -0.15) is 8.42 Å². The minimum absolute atomic E-state index is 0.204. The van der Waals surface area contributed by atoms with Gasteiger partial charge in [-0.1, -0.05) is 11.6 Å². The molecule has 0 aliphatic rings. The van der Waals surface area contributed by atoms with Gasteiger partial charge in [0, 0.05) is 6.20 Å². The first-order chi connectivity index (χ1) is 9.31. The van der Waals surface area contributed by atoms with Crippen molar-refractivity contribution < 1.29 is 12.8 Å². The highest BCUT2D eigenvalue weighted by Gasteiger charge is 2.21. The Balaban J connectivity index is 2.44. The molecule has 20 heavy (non-hydrogen) atoms. The largest absolute Gasteiger partial charge is 0.398 e. The van der Waals surface area contributed by atoms with Crippen LogP contribution < -0.4 is 10.5 Å².